The van der Waals surface area contributed by atoms with Crippen molar-refractivity contribution in [2.24, 2.45) is 11.8 Å². The summed E-state index contributed by atoms with van der Waals surface area (Å²) in [5.41, 5.74) is 0.538. The molecule has 28 heavy (non-hydrogen) atoms. The number of anilines is 1. The molecule has 0 spiro atoms. The lowest BCUT2D eigenvalue weighted by Crippen LogP contribution is -2.45. The van der Waals surface area contributed by atoms with Crippen molar-refractivity contribution in [3.05, 3.63) is 24.3 Å². The molecule has 2 aliphatic rings. The van der Waals surface area contributed by atoms with Gasteiger partial charge in [-0.1, -0.05) is 38.8 Å². The summed E-state index contributed by atoms with van der Waals surface area (Å²) >= 11 is 0. The van der Waals surface area contributed by atoms with Gasteiger partial charge in [0.15, 0.2) is 6.61 Å². The first kappa shape index (κ1) is 20.2. The van der Waals surface area contributed by atoms with Crippen LogP contribution in [0.4, 0.5) is 5.69 Å². The zero-order valence-corrected chi connectivity index (χ0v) is 16.5. The fraction of sp³-hybridized carbons (Fsp3) is 0.571. The normalized spacial score (nSPS) is 24.6. The summed E-state index contributed by atoms with van der Waals surface area (Å²) < 4.78 is 10.7. The van der Waals surface area contributed by atoms with Crippen molar-refractivity contribution in [3.8, 4) is 5.75 Å². The molecule has 1 fully saturated rings. The Morgan fingerprint density at radius 3 is 2.86 bits per heavy atom. The second kappa shape index (κ2) is 9.08. The maximum Gasteiger partial charge on any atom is 0.326 e. The Kier molecular flexibility index (Phi) is 6.54. The van der Waals surface area contributed by atoms with Crippen molar-refractivity contribution in [3.63, 3.8) is 0 Å². The van der Waals surface area contributed by atoms with Gasteiger partial charge < -0.3 is 14.8 Å². The summed E-state index contributed by atoms with van der Waals surface area (Å²) in [6.45, 7) is 4.02. The van der Waals surface area contributed by atoms with E-state index < -0.39 is 5.97 Å². The predicted molar refractivity (Wildman–Crippen MR) is 104 cm³/mol. The van der Waals surface area contributed by atoms with E-state index in [1.54, 1.807) is 18.2 Å². The highest BCUT2D eigenvalue weighted by Crippen LogP contribution is 2.31. The van der Waals surface area contributed by atoms with Gasteiger partial charge in [0, 0.05) is 6.04 Å². The van der Waals surface area contributed by atoms with E-state index in [1.165, 1.54) is 11.3 Å². The molecule has 3 atom stereocenters. The van der Waals surface area contributed by atoms with E-state index in [0.717, 1.165) is 12.8 Å². The van der Waals surface area contributed by atoms with E-state index >= 15 is 0 Å². The molecule has 0 saturated heterocycles. The molecular weight excluding hydrogens is 360 g/mol. The topological polar surface area (TPSA) is 84.9 Å². The quantitative estimate of drug-likeness (QED) is 0.783. The van der Waals surface area contributed by atoms with Crippen molar-refractivity contribution < 1.29 is 23.9 Å². The third-order valence-corrected chi connectivity index (χ3v) is 5.74. The number of carbonyl (C=O) groups is 3. The van der Waals surface area contributed by atoms with Crippen LogP contribution >= 0.6 is 0 Å². The smallest absolute Gasteiger partial charge is 0.326 e. The number of ether oxygens (including phenoxy) is 2. The fourth-order valence-corrected chi connectivity index (χ4v) is 3.85. The van der Waals surface area contributed by atoms with Gasteiger partial charge in [-0.15, -0.1) is 0 Å². The molecule has 0 aromatic heterocycles. The second-order valence-electron chi connectivity index (χ2n) is 7.65. The highest BCUT2D eigenvalue weighted by molar-refractivity contribution is 5.99. The third kappa shape index (κ3) is 4.82. The molecule has 1 aliphatic carbocycles. The van der Waals surface area contributed by atoms with Gasteiger partial charge in [-0.2, -0.15) is 0 Å². The predicted octanol–water partition coefficient (Wildman–Crippen LogP) is 2.29. The number of para-hydroxylation sites is 2. The Hall–Kier alpha value is -2.57. The number of fused-ring (bicyclic) bond motifs is 1. The SMILES string of the molecule is C[C@H]1[C@@H](NC(=O)COC(=O)CN2C(=O)CCOc3ccccc32)CCC[C@@H]1C. The van der Waals surface area contributed by atoms with E-state index in [2.05, 4.69) is 19.2 Å². The van der Waals surface area contributed by atoms with Gasteiger partial charge in [-0.25, -0.2) is 0 Å². The van der Waals surface area contributed by atoms with E-state index in [1.807, 2.05) is 6.07 Å². The maximum atomic E-state index is 12.3. The summed E-state index contributed by atoms with van der Waals surface area (Å²) in [7, 11) is 0. The Morgan fingerprint density at radius 2 is 2.04 bits per heavy atom. The van der Waals surface area contributed by atoms with Crippen LogP contribution in [0.2, 0.25) is 0 Å². The molecule has 1 aromatic rings. The molecule has 1 saturated carbocycles. The summed E-state index contributed by atoms with van der Waals surface area (Å²) in [6.07, 6.45) is 3.40. The number of benzene rings is 1. The van der Waals surface area contributed by atoms with Crippen LogP contribution < -0.4 is 15.0 Å². The first-order valence-electron chi connectivity index (χ1n) is 9.93. The fourth-order valence-electron chi connectivity index (χ4n) is 3.85. The van der Waals surface area contributed by atoms with Crippen molar-refractivity contribution in [2.45, 2.75) is 45.6 Å². The molecule has 0 bridgehead atoms. The summed E-state index contributed by atoms with van der Waals surface area (Å²) in [4.78, 5) is 38.1. The van der Waals surface area contributed by atoms with Crippen LogP contribution in [0.1, 0.15) is 39.5 Å². The molecule has 0 radical (unpaired) electrons. The van der Waals surface area contributed by atoms with Crippen LogP contribution in [-0.2, 0) is 19.1 Å². The van der Waals surface area contributed by atoms with Crippen LogP contribution in [0, 0.1) is 11.8 Å². The van der Waals surface area contributed by atoms with Crippen LogP contribution in [-0.4, -0.2) is 43.6 Å². The lowest BCUT2D eigenvalue weighted by atomic mass is 9.78. The van der Waals surface area contributed by atoms with Crippen molar-refractivity contribution in [1.29, 1.82) is 0 Å². The minimum Gasteiger partial charge on any atom is -0.491 e. The molecule has 1 aliphatic heterocycles. The highest BCUT2D eigenvalue weighted by Gasteiger charge is 2.29. The molecule has 1 aromatic carbocycles. The Balaban J connectivity index is 1.52. The number of carbonyl (C=O) groups excluding carboxylic acids is 3. The lowest BCUT2D eigenvalue weighted by molar-refractivity contribution is -0.148. The monoisotopic (exact) mass is 388 g/mol. The molecule has 0 unspecified atom stereocenters. The molecule has 7 nitrogen and oxygen atoms in total. The van der Waals surface area contributed by atoms with Crippen LogP contribution in [0.15, 0.2) is 24.3 Å². The standard InChI is InChI=1S/C21H28N2O5/c1-14-6-5-7-16(15(14)2)22-19(24)13-28-21(26)12-23-17-8-3-4-9-18(17)27-11-10-20(23)25/h3-4,8-9,14-16H,5-7,10-13H2,1-2H3,(H,22,24)/t14-,15+,16-/m0/s1. The summed E-state index contributed by atoms with van der Waals surface area (Å²) in [5, 5.41) is 2.98. The maximum absolute atomic E-state index is 12.3. The third-order valence-electron chi connectivity index (χ3n) is 5.74. The average Bonchev–Trinajstić information content (AvgIpc) is 2.83. The molecule has 152 valence electrons. The van der Waals surface area contributed by atoms with E-state index in [4.69, 9.17) is 9.47 Å². The molecule has 7 heteroatoms. The summed E-state index contributed by atoms with van der Waals surface area (Å²) in [6, 6.07) is 7.18. The lowest BCUT2D eigenvalue weighted by Gasteiger charge is -2.34. The van der Waals surface area contributed by atoms with E-state index in [0.29, 0.717) is 23.3 Å². The van der Waals surface area contributed by atoms with Gasteiger partial charge in [0.25, 0.3) is 5.91 Å². The number of hydrogen-bond acceptors (Lipinski definition) is 5. The minimum absolute atomic E-state index is 0.117. The molecule has 2 amide bonds. The van der Waals surface area contributed by atoms with Gasteiger partial charge >= 0.3 is 5.97 Å². The van der Waals surface area contributed by atoms with Crippen LogP contribution in [0.25, 0.3) is 0 Å². The number of esters is 1. The van der Waals surface area contributed by atoms with Crippen molar-refractivity contribution >= 4 is 23.5 Å². The van der Waals surface area contributed by atoms with E-state index in [9.17, 15) is 14.4 Å². The van der Waals surface area contributed by atoms with Gasteiger partial charge in [-0.05, 0) is 30.4 Å². The molecule has 1 heterocycles. The first-order chi connectivity index (χ1) is 13.5. The van der Waals surface area contributed by atoms with Crippen LogP contribution in [0.3, 0.4) is 0 Å². The van der Waals surface area contributed by atoms with Crippen molar-refractivity contribution in [1.82, 2.24) is 5.32 Å². The molecule has 1 N–H and O–H groups in total. The number of nitrogens with zero attached hydrogens (tertiary/aromatic N) is 1. The minimum atomic E-state index is -0.620. The van der Waals surface area contributed by atoms with Crippen LogP contribution in [0.5, 0.6) is 5.75 Å². The number of nitrogens with one attached hydrogen (secondary N) is 1. The largest absolute Gasteiger partial charge is 0.491 e. The Labute approximate surface area is 165 Å². The zero-order chi connectivity index (χ0) is 20.1. The zero-order valence-electron chi connectivity index (χ0n) is 16.5. The Bertz CT molecular complexity index is 735. The highest BCUT2D eigenvalue weighted by atomic mass is 16.5. The van der Waals surface area contributed by atoms with Gasteiger partial charge in [0.1, 0.15) is 12.3 Å². The Morgan fingerprint density at radius 1 is 1.25 bits per heavy atom. The molecule has 3 rings (SSSR count). The van der Waals surface area contributed by atoms with E-state index in [-0.39, 0.29) is 44.0 Å². The summed E-state index contributed by atoms with van der Waals surface area (Å²) in [5.74, 6) is 0.392. The second-order valence-corrected chi connectivity index (χ2v) is 7.65. The molecular formula is C21H28N2O5. The first-order valence-corrected chi connectivity index (χ1v) is 9.93. The number of amides is 2. The number of hydrogen-bond donors (Lipinski definition) is 1. The number of rotatable bonds is 5. The van der Waals surface area contributed by atoms with Crippen molar-refractivity contribution in [2.75, 3.05) is 24.7 Å². The van der Waals surface area contributed by atoms with Gasteiger partial charge in [0.2, 0.25) is 5.91 Å². The average molecular weight is 388 g/mol. The van der Waals surface area contributed by atoms with Gasteiger partial charge in [0.05, 0.1) is 18.7 Å². The van der Waals surface area contributed by atoms with Gasteiger partial charge in [-0.3, -0.25) is 19.3 Å².